The number of hydrogen-bond acceptors (Lipinski definition) is 4. The zero-order chi connectivity index (χ0) is 8.20. The molecular weight excluding hydrogens is 136 g/mol. The van der Waals surface area contributed by atoms with Crippen LogP contribution in [0, 0.1) is 15.5 Å². The summed E-state index contributed by atoms with van der Waals surface area (Å²) in [4.78, 5) is 13.8. The molecule has 0 radical (unpaired) electrons. The van der Waals surface area contributed by atoms with Gasteiger partial charge in [-0.05, 0) is 6.54 Å². The van der Waals surface area contributed by atoms with E-state index < -0.39 is 5.09 Å². The summed E-state index contributed by atoms with van der Waals surface area (Å²) in [6.07, 6.45) is 0. The summed E-state index contributed by atoms with van der Waals surface area (Å²) >= 11 is 0. The molecule has 0 aromatic heterocycles. The van der Waals surface area contributed by atoms with E-state index >= 15 is 0 Å². The molecule has 0 spiro atoms. The van der Waals surface area contributed by atoms with Crippen molar-refractivity contribution < 1.29 is 9.92 Å². The van der Waals surface area contributed by atoms with Crippen molar-refractivity contribution in [3.63, 3.8) is 0 Å². The number of nitrogens with zero attached hydrogens (tertiary/aromatic N) is 1. The molecule has 0 saturated heterocycles. The van der Waals surface area contributed by atoms with E-state index in [1.807, 2.05) is 0 Å². The molecule has 60 valence electrons. The highest BCUT2D eigenvalue weighted by Crippen LogP contribution is 2.11. The lowest BCUT2D eigenvalue weighted by Gasteiger charge is -2.19. The Kier molecular flexibility index (Phi) is 3.08. The van der Waals surface area contributed by atoms with Crippen molar-refractivity contribution in [3.05, 3.63) is 10.1 Å². The molecule has 0 aliphatic carbocycles. The number of nitrogens with two attached hydrogens (primary N) is 1. The van der Waals surface area contributed by atoms with E-state index in [-0.39, 0.29) is 12.0 Å². The fraction of sp³-hybridized carbons (Fsp3) is 1.00. The molecule has 5 nitrogen and oxygen atoms in total. The average molecular weight is 148 g/mol. The molecule has 0 aliphatic heterocycles. The maximum absolute atomic E-state index is 9.70. The van der Waals surface area contributed by atoms with Crippen LogP contribution in [0.4, 0.5) is 0 Å². The SMILES string of the molecule is CC(C)(CN)CO[N+](=O)[O-]. The van der Waals surface area contributed by atoms with Crippen molar-refractivity contribution in [3.8, 4) is 0 Å². The Hall–Kier alpha value is -0.840. The zero-order valence-corrected chi connectivity index (χ0v) is 6.16. The van der Waals surface area contributed by atoms with Gasteiger partial charge < -0.3 is 10.6 Å². The van der Waals surface area contributed by atoms with Crippen LogP contribution in [0.25, 0.3) is 0 Å². The van der Waals surface area contributed by atoms with Gasteiger partial charge in [0.25, 0.3) is 5.09 Å². The highest BCUT2D eigenvalue weighted by Gasteiger charge is 2.16. The first-order valence-electron chi connectivity index (χ1n) is 2.95. The average Bonchev–Trinajstić information content (AvgIpc) is 1.85. The van der Waals surface area contributed by atoms with Gasteiger partial charge in [0, 0.05) is 5.41 Å². The molecule has 0 amide bonds. The van der Waals surface area contributed by atoms with Crippen molar-refractivity contribution >= 4 is 0 Å². The van der Waals surface area contributed by atoms with Crippen molar-refractivity contribution in [2.45, 2.75) is 13.8 Å². The van der Waals surface area contributed by atoms with Crippen LogP contribution >= 0.6 is 0 Å². The van der Waals surface area contributed by atoms with Gasteiger partial charge >= 0.3 is 0 Å². The molecule has 0 aliphatic rings. The van der Waals surface area contributed by atoms with Crippen LogP contribution in [0.2, 0.25) is 0 Å². The summed E-state index contributed by atoms with van der Waals surface area (Å²) in [5.74, 6) is 0. The van der Waals surface area contributed by atoms with E-state index in [4.69, 9.17) is 5.73 Å². The Morgan fingerprint density at radius 2 is 2.20 bits per heavy atom. The van der Waals surface area contributed by atoms with E-state index in [0.29, 0.717) is 6.54 Å². The minimum atomic E-state index is -0.808. The second kappa shape index (κ2) is 3.36. The van der Waals surface area contributed by atoms with Crippen LogP contribution in [0.5, 0.6) is 0 Å². The molecule has 0 heterocycles. The third kappa shape index (κ3) is 4.08. The standard InChI is InChI=1S/C5H12N2O3/c1-5(2,3-6)4-10-7(8)9/h3-4,6H2,1-2H3. The first-order chi connectivity index (χ1) is 4.48. The summed E-state index contributed by atoms with van der Waals surface area (Å²) in [5, 5.41) is 8.90. The maximum atomic E-state index is 9.70. The van der Waals surface area contributed by atoms with Crippen molar-refractivity contribution in [2.24, 2.45) is 11.1 Å². The van der Waals surface area contributed by atoms with Crippen LogP contribution in [-0.2, 0) is 4.84 Å². The van der Waals surface area contributed by atoms with E-state index in [0.717, 1.165) is 0 Å². The molecule has 0 saturated carbocycles. The minimum Gasteiger partial charge on any atom is -0.330 e. The normalized spacial score (nSPS) is 11.1. The Balaban J connectivity index is 3.56. The summed E-state index contributed by atoms with van der Waals surface area (Å²) in [6, 6.07) is 0. The van der Waals surface area contributed by atoms with Crippen LogP contribution in [-0.4, -0.2) is 18.2 Å². The number of hydrogen-bond donors (Lipinski definition) is 1. The highest BCUT2D eigenvalue weighted by molar-refractivity contribution is 4.66. The second-order valence-electron chi connectivity index (χ2n) is 2.87. The zero-order valence-electron chi connectivity index (χ0n) is 6.16. The lowest BCUT2D eigenvalue weighted by molar-refractivity contribution is -0.760. The van der Waals surface area contributed by atoms with Gasteiger partial charge in [0.15, 0.2) is 0 Å². The molecule has 5 heteroatoms. The van der Waals surface area contributed by atoms with E-state index in [9.17, 15) is 10.1 Å². The summed E-state index contributed by atoms with van der Waals surface area (Å²) in [7, 11) is 0. The molecule has 0 rings (SSSR count). The van der Waals surface area contributed by atoms with Gasteiger partial charge in [-0.1, -0.05) is 13.8 Å². The predicted molar refractivity (Wildman–Crippen MR) is 35.8 cm³/mol. The van der Waals surface area contributed by atoms with Crippen molar-refractivity contribution in [1.29, 1.82) is 0 Å². The third-order valence-electron chi connectivity index (χ3n) is 1.11. The van der Waals surface area contributed by atoms with Gasteiger partial charge in [0.2, 0.25) is 0 Å². The van der Waals surface area contributed by atoms with Gasteiger partial charge in [-0.15, -0.1) is 10.1 Å². The third-order valence-corrected chi connectivity index (χ3v) is 1.11. The molecule has 0 unspecified atom stereocenters. The first-order valence-corrected chi connectivity index (χ1v) is 2.95. The summed E-state index contributed by atoms with van der Waals surface area (Å²) < 4.78 is 0. The Labute approximate surface area is 59.3 Å². The largest absolute Gasteiger partial charge is 0.330 e. The van der Waals surface area contributed by atoms with E-state index in [1.54, 1.807) is 13.8 Å². The van der Waals surface area contributed by atoms with Crippen LogP contribution in [0.1, 0.15) is 13.8 Å². The molecule has 0 fully saturated rings. The van der Waals surface area contributed by atoms with Gasteiger partial charge in [0.05, 0.1) is 0 Å². The van der Waals surface area contributed by atoms with Crippen molar-refractivity contribution in [1.82, 2.24) is 0 Å². The van der Waals surface area contributed by atoms with Gasteiger partial charge in [-0.2, -0.15) is 0 Å². The smallest absolute Gasteiger partial charge is 0.294 e. The maximum Gasteiger partial charge on any atom is 0.294 e. The first kappa shape index (κ1) is 9.16. The van der Waals surface area contributed by atoms with Gasteiger partial charge in [-0.25, -0.2) is 0 Å². The number of rotatable bonds is 4. The summed E-state index contributed by atoms with van der Waals surface area (Å²) in [6.45, 7) is 4.03. The topological polar surface area (TPSA) is 78.4 Å². The fourth-order valence-corrected chi connectivity index (χ4v) is 0.286. The molecule has 2 N–H and O–H groups in total. The Morgan fingerprint density at radius 3 is 2.50 bits per heavy atom. The predicted octanol–water partition coefficient (Wildman–Crippen LogP) is 0.180. The monoisotopic (exact) mass is 148 g/mol. The Morgan fingerprint density at radius 1 is 1.70 bits per heavy atom. The second-order valence-corrected chi connectivity index (χ2v) is 2.87. The quantitative estimate of drug-likeness (QED) is 0.455. The Bertz CT molecular complexity index is 124. The van der Waals surface area contributed by atoms with Crippen LogP contribution in [0.15, 0.2) is 0 Å². The molecule has 0 aromatic carbocycles. The highest BCUT2D eigenvalue weighted by atomic mass is 16.9. The van der Waals surface area contributed by atoms with E-state index in [2.05, 4.69) is 4.84 Å². The molecule has 10 heavy (non-hydrogen) atoms. The van der Waals surface area contributed by atoms with Gasteiger partial charge in [0.1, 0.15) is 6.61 Å². The molecule has 0 aromatic rings. The van der Waals surface area contributed by atoms with Gasteiger partial charge in [-0.3, -0.25) is 0 Å². The van der Waals surface area contributed by atoms with Crippen LogP contribution < -0.4 is 5.73 Å². The molecular formula is C5H12N2O3. The lowest BCUT2D eigenvalue weighted by Crippen LogP contribution is -2.29. The van der Waals surface area contributed by atoms with Crippen molar-refractivity contribution in [2.75, 3.05) is 13.2 Å². The minimum absolute atomic E-state index is 0.0521. The summed E-state index contributed by atoms with van der Waals surface area (Å²) in [5.41, 5.74) is 4.98. The lowest BCUT2D eigenvalue weighted by atomic mass is 9.96. The van der Waals surface area contributed by atoms with Crippen LogP contribution in [0.3, 0.4) is 0 Å². The molecule has 0 bridgehead atoms. The van der Waals surface area contributed by atoms with E-state index in [1.165, 1.54) is 0 Å². The fourth-order valence-electron chi connectivity index (χ4n) is 0.286. The molecule has 0 atom stereocenters.